The molecule has 77 heavy (non-hydrogen) atoms. The maximum atomic E-state index is 12.4. The minimum atomic E-state index is -1.04. The van der Waals surface area contributed by atoms with Crippen molar-refractivity contribution in [1.29, 1.82) is 5.26 Å². The molecule has 6 aromatic carbocycles. The van der Waals surface area contributed by atoms with Crippen LogP contribution in [0.3, 0.4) is 0 Å². The Morgan fingerprint density at radius 2 is 1.04 bits per heavy atom. The van der Waals surface area contributed by atoms with E-state index in [9.17, 15) is 25.1 Å². The van der Waals surface area contributed by atoms with Crippen molar-refractivity contribution in [3.05, 3.63) is 235 Å². The number of carboxylic acids is 2. The van der Waals surface area contributed by atoms with E-state index in [1.807, 2.05) is 56.3 Å². The lowest BCUT2D eigenvalue weighted by atomic mass is 9.92. The first kappa shape index (κ1) is 54.7. The van der Waals surface area contributed by atoms with Gasteiger partial charge in [0.15, 0.2) is 0 Å². The number of aliphatic carboxylic acids is 2. The SMILES string of the molecule is C/N=C/c1cncc(COc2cc(OCc3cccc(-c4cccc(COc5cc(OCc6cncc(C#N)c6)c(CN[C@H](C(=O)O)c6ccccc6)cc5Cl)c4C)c3C)c(Cl)cc2CN[C@H](C(=O)O)c2ccccc2)c1. The number of hydrogen-bond acceptors (Lipinski definition) is 12. The van der Waals surface area contributed by atoms with Crippen LogP contribution in [0.5, 0.6) is 23.0 Å². The van der Waals surface area contributed by atoms with Gasteiger partial charge in [0, 0.05) is 91.1 Å². The van der Waals surface area contributed by atoms with Gasteiger partial charge in [-0.3, -0.25) is 35.2 Å². The molecule has 4 N–H and O–H groups in total. The molecule has 0 spiro atoms. The Bertz CT molecular complexity index is 3450. The maximum absolute atomic E-state index is 12.4. The summed E-state index contributed by atoms with van der Waals surface area (Å²) in [7, 11) is 1.69. The Morgan fingerprint density at radius 1 is 0.584 bits per heavy atom. The largest absolute Gasteiger partial charge is 0.488 e. The summed E-state index contributed by atoms with van der Waals surface area (Å²) in [5.74, 6) is -0.467. The van der Waals surface area contributed by atoms with E-state index in [0.717, 1.165) is 44.5 Å². The molecular weight excluding hydrogens is 1020 g/mol. The molecule has 0 bridgehead atoms. The van der Waals surface area contributed by atoms with Crippen LogP contribution in [0.2, 0.25) is 10.0 Å². The molecule has 2 heterocycles. The molecule has 0 aliphatic carbocycles. The van der Waals surface area contributed by atoms with E-state index in [2.05, 4.69) is 43.8 Å². The molecule has 2 aromatic heterocycles. The fraction of sp³-hybridized carbons (Fsp3) is 0.180. The van der Waals surface area contributed by atoms with Gasteiger partial charge in [0.2, 0.25) is 0 Å². The van der Waals surface area contributed by atoms with E-state index in [1.165, 1.54) is 6.20 Å². The van der Waals surface area contributed by atoms with Gasteiger partial charge in [-0.25, -0.2) is 0 Å². The lowest BCUT2D eigenvalue weighted by Crippen LogP contribution is -2.28. The van der Waals surface area contributed by atoms with E-state index in [4.69, 9.17) is 42.1 Å². The summed E-state index contributed by atoms with van der Waals surface area (Å²) in [6.45, 7) is 4.88. The first-order valence-corrected chi connectivity index (χ1v) is 25.2. The molecule has 390 valence electrons. The fourth-order valence-electron chi connectivity index (χ4n) is 8.66. The molecule has 14 nitrogen and oxygen atoms in total. The number of nitrogens with zero attached hydrogens (tertiary/aromatic N) is 4. The maximum Gasteiger partial charge on any atom is 0.325 e. The Balaban J connectivity index is 1.00. The summed E-state index contributed by atoms with van der Waals surface area (Å²) < 4.78 is 25.6. The number of rotatable bonds is 24. The Morgan fingerprint density at radius 3 is 1.49 bits per heavy atom. The molecule has 2 atom stereocenters. The molecule has 0 unspecified atom stereocenters. The topological polar surface area (TPSA) is 198 Å². The minimum Gasteiger partial charge on any atom is -0.488 e. The van der Waals surface area contributed by atoms with Gasteiger partial charge in [-0.05, 0) is 82.6 Å². The highest BCUT2D eigenvalue weighted by molar-refractivity contribution is 6.32. The van der Waals surface area contributed by atoms with Gasteiger partial charge in [0.05, 0.1) is 15.6 Å². The third-order valence-electron chi connectivity index (χ3n) is 12.7. The quantitative estimate of drug-likeness (QED) is 0.0417. The standard InChI is InChI=1S/C61H54Cl2N6O8/c1-38-46(36-76-56-24-54(74-34-42-20-40(26-64)28-66-30-42)48(22-52(56)62)32-68-58(60(70)71)44-12-6-4-7-13-44)16-10-18-50(38)51-19-11-17-47(39(51)2)37-77-57-25-55(75-35-43-21-41(27-65-3)29-67-31-43)49(23-53(57)63)33-69-59(61(72)73)45-14-8-5-9-15-45/h4-25,27-31,58-59,68-69H,32-37H2,1-3H3,(H,70,71)(H,72,73)/b65-27+/t58-,59-/m0/s1. The third-order valence-corrected chi connectivity index (χ3v) is 13.3. The van der Waals surface area contributed by atoms with Gasteiger partial charge in [-0.15, -0.1) is 0 Å². The Kier molecular flexibility index (Phi) is 18.6. The summed E-state index contributed by atoms with van der Waals surface area (Å²) in [5, 5.41) is 36.6. The molecule has 0 radical (unpaired) electrons. The zero-order chi connectivity index (χ0) is 54.3. The first-order valence-electron chi connectivity index (χ1n) is 24.4. The molecule has 0 saturated heterocycles. The van der Waals surface area contributed by atoms with Gasteiger partial charge in [0.1, 0.15) is 67.6 Å². The average molecular weight is 1070 g/mol. The number of nitriles is 1. The second kappa shape index (κ2) is 26.3. The van der Waals surface area contributed by atoms with Crippen molar-refractivity contribution in [2.75, 3.05) is 7.05 Å². The summed E-state index contributed by atoms with van der Waals surface area (Å²) in [6.07, 6.45) is 8.21. The van der Waals surface area contributed by atoms with E-state index in [0.29, 0.717) is 66.4 Å². The number of carboxylic acid groups (broad SMARTS) is 2. The third kappa shape index (κ3) is 14.2. The molecule has 16 heteroatoms. The predicted octanol–water partition coefficient (Wildman–Crippen LogP) is 12.1. The van der Waals surface area contributed by atoms with Crippen molar-refractivity contribution in [1.82, 2.24) is 20.6 Å². The predicted molar refractivity (Wildman–Crippen MR) is 296 cm³/mol. The molecule has 0 saturated carbocycles. The summed E-state index contributed by atoms with van der Waals surface area (Å²) in [5.41, 5.74) is 10.9. The average Bonchev–Trinajstić information content (AvgIpc) is 3.43. The molecule has 0 aliphatic rings. The lowest BCUT2D eigenvalue weighted by Gasteiger charge is -2.20. The smallest absolute Gasteiger partial charge is 0.325 e. The highest BCUT2D eigenvalue weighted by Crippen LogP contribution is 2.38. The van der Waals surface area contributed by atoms with Gasteiger partial charge < -0.3 is 29.2 Å². The van der Waals surface area contributed by atoms with Crippen molar-refractivity contribution in [3.8, 4) is 40.2 Å². The normalized spacial score (nSPS) is 11.9. The van der Waals surface area contributed by atoms with E-state index in [-0.39, 0.29) is 39.5 Å². The van der Waals surface area contributed by atoms with Gasteiger partial charge in [-0.1, -0.05) is 120 Å². The molecule has 8 aromatic rings. The van der Waals surface area contributed by atoms with Crippen LogP contribution in [-0.2, 0) is 49.1 Å². The highest BCUT2D eigenvalue weighted by Gasteiger charge is 2.23. The van der Waals surface area contributed by atoms with Crippen LogP contribution in [0.4, 0.5) is 0 Å². The molecule has 0 fully saturated rings. The Labute approximate surface area is 456 Å². The molecule has 8 rings (SSSR count). The number of aliphatic imine (C=N–C) groups is 1. The van der Waals surface area contributed by atoms with E-state index in [1.54, 1.807) is 111 Å². The van der Waals surface area contributed by atoms with E-state index < -0.39 is 24.0 Å². The summed E-state index contributed by atoms with van der Waals surface area (Å²) >= 11 is 13.8. The summed E-state index contributed by atoms with van der Waals surface area (Å²) in [6, 6.07) is 40.5. The summed E-state index contributed by atoms with van der Waals surface area (Å²) in [4.78, 5) is 37.3. The Hall–Kier alpha value is -8.58. The number of hydrogen-bond donors (Lipinski definition) is 4. The number of aromatic nitrogens is 2. The zero-order valence-corrected chi connectivity index (χ0v) is 43.9. The fourth-order valence-corrected chi connectivity index (χ4v) is 9.14. The number of nitrogens with one attached hydrogen (secondary N) is 2. The monoisotopic (exact) mass is 1070 g/mol. The van der Waals surface area contributed by atoms with Crippen molar-refractivity contribution >= 4 is 41.4 Å². The van der Waals surface area contributed by atoms with Gasteiger partial charge in [0.25, 0.3) is 0 Å². The van der Waals surface area contributed by atoms with Gasteiger partial charge in [-0.2, -0.15) is 5.26 Å². The highest BCUT2D eigenvalue weighted by atomic mass is 35.5. The molecular formula is C61H54Cl2N6O8. The number of pyridine rings is 2. The van der Waals surface area contributed by atoms with Crippen LogP contribution >= 0.6 is 23.2 Å². The number of carbonyl (C=O) groups is 2. The second-order valence-electron chi connectivity index (χ2n) is 17.9. The number of benzene rings is 6. The second-order valence-corrected chi connectivity index (χ2v) is 18.8. The van der Waals surface area contributed by atoms with Crippen LogP contribution in [-0.4, -0.2) is 45.4 Å². The van der Waals surface area contributed by atoms with Crippen LogP contribution in [0, 0.1) is 25.2 Å². The van der Waals surface area contributed by atoms with Crippen molar-refractivity contribution in [2.45, 2.75) is 65.4 Å². The van der Waals surface area contributed by atoms with E-state index >= 15 is 0 Å². The van der Waals surface area contributed by atoms with Crippen LogP contribution in [0.25, 0.3) is 11.1 Å². The van der Waals surface area contributed by atoms with Crippen LogP contribution in [0.15, 0.2) is 163 Å². The zero-order valence-electron chi connectivity index (χ0n) is 42.4. The van der Waals surface area contributed by atoms with Crippen molar-refractivity contribution in [3.63, 3.8) is 0 Å². The number of ether oxygens (including phenoxy) is 4. The molecule has 0 aliphatic heterocycles. The van der Waals surface area contributed by atoms with Crippen LogP contribution in [0.1, 0.15) is 78.8 Å². The van der Waals surface area contributed by atoms with Crippen molar-refractivity contribution in [2.24, 2.45) is 4.99 Å². The van der Waals surface area contributed by atoms with Gasteiger partial charge >= 0.3 is 11.9 Å². The van der Waals surface area contributed by atoms with Crippen LogP contribution < -0.4 is 29.6 Å². The van der Waals surface area contributed by atoms with Crippen molar-refractivity contribution < 1.29 is 38.7 Å². The number of halogens is 2. The lowest BCUT2D eigenvalue weighted by molar-refractivity contribution is -0.140. The molecule has 0 amide bonds. The first-order chi connectivity index (χ1) is 37.4. The minimum absolute atomic E-state index is 0.0737.